The topological polar surface area (TPSA) is 12.4 Å². The molecule has 0 aromatic carbocycles. The van der Waals surface area contributed by atoms with Gasteiger partial charge >= 0.3 is 0 Å². The van der Waals surface area contributed by atoms with Crippen LogP contribution in [0.5, 0.6) is 0 Å². The summed E-state index contributed by atoms with van der Waals surface area (Å²) in [7, 11) is 0. The van der Waals surface area contributed by atoms with Crippen LogP contribution in [-0.4, -0.2) is 12.3 Å². The van der Waals surface area contributed by atoms with Gasteiger partial charge in [0.1, 0.15) is 0 Å². The van der Waals surface area contributed by atoms with Crippen LogP contribution < -0.4 is 0 Å². The molecule has 2 atom stereocenters. The molecule has 0 aromatic heterocycles. The van der Waals surface area contributed by atoms with Gasteiger partial charge in [-0.05, 0) is 31.4 Å². The summed E-state index contributed by atoms with van der Waals surface area (Å²) in [5, 5.41) is 0. The van der Waals surface area contributed by atoms with Crippen molar-refractivity contribution in [3.8, 4) is 0 Å². The predicted octanol–water partition coefficient (Wildman–Crippen LogP) is 2.27. The van der Waals surface area contributed by atoms with Crippen LogP contribution in [0, 0.1) is 5.92 Å². The summed E-state index contributed by atoms with van der Waals surface area (Å²) in [5.41, 5.74) is 0. The van der Waals surface area contributed by atoms with E-state index < -0.39 is 0 Å². The van der Waals surface area contributed by atoms with Crippen LogP contribution >= 0.6 is 0 Å². The Labute approximate surface area is 57.2 Å². The minimum Gasteiger partial charge on any atom is -0.294 e. The molecular formula is C8H15N. The maximum Gasteiger partial charge on any atom is 0.0518 e. The molecule has 0 amide bonds. The van der Waals surface area contributed by atoms with Crippen LogP contribution in [0.1, 0.15) is 33.1 Å². The van der Waals surface area contributed by atoms with Crippen molar-refractivity contribution >= 4 is 6.21 Å². The second-order valence-electron chi connectivity index (χ2n) is 2.86. The molecule has 0 saturated heterocycles. The monoisotopic (exact) mass is 125 g/mol. The molecule has 1 heteroatoms. The van der Waals surface area contributed by atoms with E-state index in [4.69, 9.17) is 0 Å². The van der Waals surface area contributed by atoms with Crippen LogP contribution in [0.3, 0.4) is 0 Å². The van der Waals surface area contributed by atoms with Gasteiger partial charge in [0.2, 0.25) is 0 Å². The minimum atomic E-state index is 0.624. The fourth-order valence-electron chi connectivity index (χ4n) is 1.39. The highest BCUT2D eigenvalue weighted by Gasteiger charge is 2.15. The third kappa shape index (κ3) is 1.54. The van der Waals surface area contributed by atoms with E-state index in [1.807, 2.05) is 0 Å². The van der Waals surface area contributed by atoms with Gasteiger partial charge in [0.05, 0.1) is 6.04 Å². The molecule has 0 spiro atoms. The number of nitrogens with zero attached hydrogens (tertiary/aromatic N) is 1. The smallest absolute Gasteiger partial charge is 0.0518 e. The maximum absolute atomic E-state index is 4.40. The molecule has 0 aromatic rings. The van der Waals surface area contributed by atoms with E-state index in [2.05, 4.69) is 25.1 Å². The first-order valence-electron chi connectivity index (χ1n) is 3.86. The SMILES string of the molecule is CCC1N=CCCC1C. The van der Waals surface area contributed by atoms with Crippen LogP contribution in [0.15, 0.2) is 4.99 Å². The lowest BCUT2D eigenvalue weighted by Crippen LogP contribution is -2.18. The third-order valence-corrected chi connectivity index (χ3v) is 2.12. The second kappa shape index (κ2) is 3.00. The Morgan fingerprint density at radius 2 is 2.44 bits per heavy atom. The van der Waals surface area contributed by atoms with Crippen molar-refractivity contribution in [1.82, 2.24) is 0 Å². The van der Waals surface area contributed by atoms with Gasteiger partial charge in [0.25, 0.3) is 0 Å². The predicted molar refractivity (Wildman–Crippen MR) is 41.0 cm³/mol. The van der Waals surface area contributed by atoms with Crippen molar-refractivity contribution in [1.29, 1.82) is 0 Å². The number of aliphatic imine (C=N–C) groups is 1. The highest BCUT2D eigenvalue weighted by molar-refractivity contribution is 5.58. The van der Waals surface area contributed by atoms with E-state index in [1.54, 1.807) is 0 Å². The summed E-state index contributed by atoms with van der Waals surface area (Å²) in [4.78, 5) is 4.40. The summed E-state index contributed by atoms with van der Waals surface area (Å²) < 4.78 is 0. The Kier molecular flexibility index (Phi) is 2.26. The first-order chi connectivity index (χ1) is 4.34. The normalized spacial score (nSPS) is 34.9. The molecule has 0 saturated carbocycles. The molecule has 1 heterocycles. The van der Waals surface area contributed by atoms with Crippen LogP contribution in [-0.2, 0) is 0 Å². The van der Waals surface area contributed by atoms with Gasteiger partial charge in [-0.2, -0.15) is 0 Å². The Bertz CT molecular complexity index is 107. The number of hydrogen-bond acceptors (Lipinski definition) is 1. The maximum atomic E-state index is 4.40. The lowest BCUT2D eigenvalue weighted by Gasteiger charge is -2.21. The van der Waals surface area contributed by atoms with Gasteiger partial charge in [-0.25, -0.2) is 0 Å². The van der Waals surface area contributed by atoms with Crippen LogP contribution in [0.2, 0.25) is 0 Å². The molecule has 0 radical (unpaired) electrons. The quantitative estimate of drug-likeness (QED) is 0.509. The molecule has 0 aliphatic carbocycles. The second-order valence-corrected chi connectivity index (χ2v) is 2.86. The van der Waals surface area contributed by atoms with E-state index in [1.165, 1.54) is 19.3 Å². The minimum absolute atomic E-state index is 0.624. The molecule has 0 N–H and O–H groups in total. The zero-order chi connectivity index (χ0) is 6.69. The van der Waals surface area contributed by atoms with E-state index in [0.29, 0.717) is 6.04 Å². The first kappa shape index (κ1) is 6.79. The molecule has 52 valence electrons. The lowest BCUT2D eigenvalue weighted by molar-refractivity contribution is 0.412. The molecule has 2 unspecified atom stereocenters. The van der Waals surface area contributed by atoms with Gasteiger partial charge in [-0.3, -0.25) is 4.99 Å². The summed E-state index contributed by atoms with van der Waals surface area (Å²) in [5.74, 6) is 0.819. The third-order valence-electron chi connectivity index (χ3n) is 2.12. The van der Waals surface area contributed by atoms with Crippen molar-refractivity contribution in [2.24, 2.45) is 10.9 Å². The molecule has 1 aliphatic heterocycles. The van der Waals surface area contributed by atoms with E-state index >= 15 is 0 Å². The fourth-order valence-corrected chi connectivity index (χ4v) is 1.39. The Morgan fingerprint density at radius 3 is 2.89 bits per heavy atom. The highest BCUT2D eigenvalue weighted by Crippen LogP contribution is 2.19. The molecule has 1 nitrogen and oxygen atoms in total. The Balaban J connectivity index is 2.46. The van der Waals surface area contributed by atoms with Crippen molar-refractivity contribution in [3.63, 3.8) is 0 Å². The zero-order valence-corrected chi connectivity index (χ0v) is 6.30. The summed E-state index contributed by atoms with van der Waals surface area (Å²) in [6, 6.07) is 0.624. The summed E-state index contributed by atoms with van der Waals surface area (Å²) in [6.07, 6.45) is 5.81. The molecular weight excluding hydrogens is 110 g/mol. The van der Waals surface area contributed by atoms with Crippen molar-refractivity contribution in [2.75, 3.05) is 0 Å². The first-order valence-corrected chi connectivity index (χ1v) is 3.86. The average molecular weight is 125 g/mol. The molecule has 1 aliphatic rings. The highest BCUT2D eigenvalue weighted by atomic mass is 14.8. The van der Waals surface area contributed by atoms with E-state index in [-0.39, 0.29) is 0 Å². The van der Waals surface area contributed by atoms with Crippen LogP contribution in [0.4, 0.5) is 0 Å². The van der Waals surface area contributed by atoms with E-state index in [0.717, 1.165) is 5.92 Å². The summed E-state index contributed by atoms with van der Waals surface area (Å²) >= 11 is 0. The lowest BCUT2D eigenvalue weighted by atomic mass is 9.93. The molecule has 0 bridgehead atoms. The van der Waals surface area contributed by atoms with Gasteiger partial charge in [0, 0.05) is 0 Å². The van der Waals surface area contributed by atoms with Crippen molar-refractivity contribution < 1.29 is 0 Å². The Hall–Kier alpha value is -0.330. The summed E-state index contributed by atoms with van der Waals surface area (Å²) in [6.45, 7) is 4.51. The number of rotatable bonds is 1. The van der Waals surface area contributed by atoms with Gasteiger partial charge in [-0.15, -0.1) is 0 Å². The molecule has 1 rings (SSSR count). The van der Waals surface area contributed by atoms with Crippen molar-refractivity contribution in [2.45, 2.75) is 39.2 Å². The fraction of sp³-hybridized carbons (Fsp3) is 0.875. The van der Waals surface area contributed by atoms with Crippen molar-refractivity contribution in [3.05, 3.63) is 0 Å². The van der Waals surface area contributed by atoms with Gasteiger partial charge in [0.15, 0.2) is 0 Å². The zero-order valence-electron chi connectivity index (χ0n) is 6.30. The average Bonchev–Trinajstić information content (AvgIpc) is 1.89. The standard InChI is InChI=1S/C8H15N/c1-3-8-7(2)5-4-6-9-8/h6-8H,3-5H2,1-2H3. The largest absolute Gasteiger partial charge is 0.294 e. The molecule has 9 heavy (non-hydrogen) atoms. The Morgan fingerprint density at radius 1 is 1.67 bits per heavy atom. The molecule has 0 fully saturated rings. The van der Waals surface area contributed by atoms with Gasteiger partial charge in [-0.1, -0.05) is 13.8 Å². The van der Waals surface area contributed by atoms with Gasteiger partial charge < -0.3 is 0 Å². The van der Waals surface area contributed by atoms with E-state index in [9.17, 15) is 0 Å². The number of hydrogen-bond donors (Lipinski definition) is 0. The van der Waals surface area contributed by atoms with Crippen LogP contribution in [0.25, 0.3) is 0 Å².